The van der Waals surface area contributed by atoms with Crippen LogP contribution in [0.4, 0.5) is 9.18 Å². The molecule has 0 saturated carbocycles. The minimum atomic E-state index is -1.50. The van der Waals surface area contributed by atoms with Gasteiger partial charge in [-0.2, -0.15) is 0 Å². The zero-order chi connectivity index (χ0) is 42.2. The number of nitrogens with one attached hydrogen (secondary N) is 3. The van der Waals surface area contributed by atoms with Crippen molar-refractivity contribution in [2.24, 2.45) is 11.3 Å². The van der Waals surface area contributed by atoms with Crippen molar-refractivity contribution in [1.82, 2.24) is 20.9 Å². The fourth-order valence-corrected chi connectivity index (χ4v) is 7.53. The number of nitrogens with zero attached hydrogens (tertiary/aromatic N) is 1. The number of benzene rings is 2. The molecule has 0 fully saturated rings. The highest BCUT2D eigenvalue weighted by atomic mass is 35.5. The first-order valence-electron chi connectivity index (χ1n) is 18.5. The minimum absolute atomic E-state index is 0.0575. The molecule has 0 aliphatic carbocycles. The third-order valence-electron chi connectivity index (χ3n) is 9.62. The Balaban J connectivity index is 1.73. The van der Waals surface area contributed by atoms with Crippen LogP contribution in [0.1, 0.15) is 75.6 Å². The number of methoxy groups -OCH3 is 1. The Labute approximate surface area is 342 Å². The second-order valence-corrected chi connectivity index (χ2v) is 16.8. The molecule has 3 aromatic rings. The molecule has 3 amide bonds. The van der Waals surface area contributed by atoms with E-state index in [0.29, 0.717) is 27.5 Å². The van der Waals surface area contributed by atoms with Gasteiger partial charge in [0.1, 0.15) is 30.3 Å². The number of ether oxygens (including phenoxy) is 2. The average molecular weight is 823 g/mol. The van der Waals surface area contributed by atoms with Crippen LogP contribution in [0.5, 0.6) is 5.75 Å². The summed E-state index contributed by atoms with van der Waals surface area (Å²) in [5, 5.41) is 32.7. The summed E-state index contributed by atoms with van der Waals surface area (Å²) < 4.78 is 25.2. The van der Waals surface area contributed by atoms with Crippen molar-refractivity contribution < 1.29 is 38.5 Å². The highest BCUT2D eigenvalue weighted by Gasteiger charge is 2.39. The van der Waals surface area contributed by atoms with Gasteiger partial charge in [0, 0.05) is 28.6 Å². The molecule has 6 atom stereocenters. The SMILES string of the molecule is C=CC=C(CC(CC(O)C(NC(=O)C(NC(=O)OC)C(C)(C)C)C(=C)c1ccc(-c2cnc(C(C)C)s2)cc1)C(=O)NC1c2cc(Cl)ccc2OCC1O)C(=C)F. The van der Waals surface area contributed by atoms with Crippen molar-refractivity contribution in [2.75, 3.05) is 13.7 Å². The van der Waals surface area contributed by atoms with Crippen LogP contribution in [0, 0.1) is 11.3 Å². The number of thiazole rings is 1. The van der Waals surface area contributed by atoms with E-state index < -0.39 is 65.4 Å². The van der Waals surface area contributed by atoms with Crippen molar-refractivity contribution in [3.8, 4) is 16.2 Å². The first-order valence-corrected chi connectivity index (χ1v) is 19.7. The van der Waals surface area contributed by atoms with Gasteiger partial charge in [-0.05, 0) is 58.7 Å². The van der Waals surface area contributed by atoms with Gasteiger partial charge in [-0.25, -0.2) is 14.2 Å². The quantitative estimate of drug-likeness (QED) is 0.0916. The van der Waals surface area contributed by atoms with E-state index in [9.17, 15) is 29.0 Å². The summed E-state index contributed by atoms with van der Waals surface area (Å²) in [6.07, 6.45) is 0.530. The number of allylic oxidation sites excluding steroid dienone is 4. The number of rotatable bonds is 16. The molecular formula is C43H52ClFN4O7S. The zero-order valence-electron chi connectivity index (χ0n) is 33.1. The monoisotopic (exact) mass is 822 g/mol. The number of halogens is 2. The van der Waals surface area contributed by atoms with Gasteiger partial charge in [-0.1, -0.05) is 102 Å². The molecule has 0 radical (unpaired) electrons. The van der Waals surface area contributed by atoms with Gasteiger partial charge in [0.05, 0.1) is 35.2 Å². The molecule has 0 spiro atoms. The molecule has 2 heterocycles. The van der Waals surface area contributed by atoms with E-state index in [4.69, 9.17) is 21.1 Å². The van der Waals surface area contributed by atoms with Crippen molar-refractivity contribution in [3.63, 3.8) is 0 Å². The Bertz CT molecular complexity index is 1990. The molecule has 5 N–H and O–H groups in total. The number of hydrogen-bond acceptors (Lipinski definition) is 9. The van der Waals surface area contributed by atoms with Crippen LogP contribution in [0.2, 0.25) is 5.02 Å². The number of aliphatic hydroxyl groups excluding tert-OH is 2. The zero-order valence-corrected chi connectivity index (χ0v) is 34.7. The minimum Gasteiger partial charge on any atom is -0.490 e. The molecule has 2 aromatic carbocycles. The Morgan fingerprint density at radius 1 is 1.12 bits per heavy atom. The number of aliphatic hydroxyl groups is 2. The van der Waals surface area contributed by atoms with Crippen molar-refractivity contribution >= 4 is 46.4 Å². The van der Waals surface area contributed by atoms with E-state index in [1.54, 1.807) is 50.3 Å². The summed E-state index contributed by atoms with van der Waals surface area (Å²) >= 11 is 7.85. The number of carbonyl (C=O) groups excluding carboxylic acids is 3. The summed E-state index contributed by atoms with van der Waals surface area (Å²) in [6, 6.07) is 8.95. The van der Waals surface area contributed by atoms with Crippen LogP contribution < -0.4 is 20.7 Å². The lowest BCUT2D eigenvalue weighted by Crippen LogP contribution is -2.57. The van der Waals surface area contributed by atoms with Crippen LogP contribution in [-0.4, -0.2) is 71.1 Å². The predicted octanol–water partition coefficient (Wildman–Crippen LogP) is 7.82. The van der Waals surface area contributed by atoms with Gasteiger partial charge in [0.2, 0.25) is 11.8 Å². The topological polar surface area (TPSA) is 159 Å². The number of hydrogen-bond donors (Lipinski definition) is 5. The molecule has 0 saturated heterocycles. The maximum absolute atomic E-state index is 14.8. The molecule has 306 valence electrons. The molecule has 14 heteroatoms. The van der Waals surface area contributed by atoms with Crippen LogP contribution >= 0.6 is 22.9 Å². The Hall–Kier alpha value is -4.82. The molecule has 1 aromatic heterocycles. The lowest BCUT2D eigenvalue weighted by atomic mass is 9.84. The van der Waals surface area contributed by atoms with E-state index in [-0.39, 0.29) is 30.9 Å². The number of alkyl carbamates (subject to hydrolysis) is 1. The van der Waals surface area contributed by atoms with Gasteiger partial charge < -0.3 is 35.6 Å². The third kappa shape index (κ3) is 11.6. The summed E-state index contributed by atoms with van der Waals surface area (Å²) in [4.78, 5) is 46.1. The van der Waals surface area contributed by atoms with E-state index in [1.165, 1.54) is 19.3 Å². The van der Waals surface area contributed by atoms with Crippen LogP contribution in [0.25, 0.3) is 16.0 Å². The predicted molar refractivity (Wildman–Crippen MR) is 222 cm³/mol. The first-order chi connectivity index (χ1) is 26.8. The van der Waals surface area contributed by atoms with Crippen molar-refractivity contribution in [1.29, 1.82) is 0 Å². The summed E-state index contributed by atoms with van der Waals surface area (Å²) in [5.41, 5.74) is 1.49. The molecule has 0 bridgehead atoms. The first kappa shape index (κ1) is 44.9. The van der Waals surface area contributed by atoms with E-state index in [2.05, 4.69) is 54.5 Å². The summed E-state index contributed by atoms with van der Waals surface area (Å²) in [5.74, 6) is -2.53. The molecule has 11 nitrogen and oxygen atoms in total. The maximum Gasteiger partial charge on any atom is 0.407 e. The van der Waals surface area contributed by atoms with Crippen LogP contribution in [-0.2, 0) is 14.3 Å². The van der Waals surface area contributed by atoms with Gasteiger partial charge in [-0.15, -0.1) is 11.3 Å². The highest BCUT2D eigenvalue weighted by Crippen LogP contribution is 2.36. The molecular weight excluding hydrogens is 771 g/mol. The Morgan fingerprint density at radius 3 is 2.39 bits per heavy atom. The smallest absolute Gasteiger partial charge is 0.407 e. The molecule has 1 aliphatic heterocycles. The molecule has 57 heavy (non-hydrogen) atoms. The van der Waals surface area contributed by atoms with Gasteiger partial charge in [-0.3, -0.25) is 9.59 Å². The summed E-state index contributed by atoms with van der Waals surface area (Å²) in [7, 11) is 1.18. The van der Waals surface area contributed by atoms with Gasteiger partial charge in [0.25, 0.3) is 0 Å². The molecule has 6 unspecified atom stereocenters. The number of amides is 3. The highest BCUT2D eigenvalue weighted by molar-refractivity contribution is 7.15. The number of fused-ring (bicyclic) bond motifs is 1. The number of carbonyl (C=O) groups is 3. The molecule has 4 rings (SSSR count). The van der Waals surface area contributed by atoms with Crippen molar-refractivity contribution in [3.05, 3.63) is 113 Å². The normalized spacial score (nSPS) is 17.6. The third-order valence-corrected chi connectivity index (χ3v) is 11.2. The second kappa shape index (κ2) is 19.6. The maximum atomic E-state index is 14.8. The van der Waals surface area contributed by atoms with E-state index in [0.717, 1.165) is 15.4 Å². The largest absolute Gasteiger partial charge is 0.490 e. The Kier molecular flexibility index (Phi) is 15.4. The fraction of sp³-hybridized carbons (Fsp3) is 0.395. The van der Waals surface area contributed by atoms with E-state index in [1.807, 2.05) is 30.5 Å². The second-order valence-electron chi connectivity index (χ2n) is 15.3. The van der Waals surface area contributed by atoms with E-state index >= 15 is 0 Å². The van der Waals surface area contributed by atoms with Crippen LogP contribution in [0.15, 0.2) is 92.0 Å². The molecule has 1 aliphatic rings. The lowest BCUT2D eigenvalue weighted by molar-refractivity contribution is -0.128. The Morgan fingerprint density at radius 2 is 1.81 bits per heavy atom. The summed E-state index contributed by atoms with van der Waals surface area (Å²) in [6.45, 7) is 20.6. The van der Waals surface area contributed by atoms with Crippen LogP contribution in [0.3, 0.4) is 0 Å². The lowest BCUT2D eigenvalue weighted by Gasteiger charge is -2.35. The van der Waals surface area contributed by atoms with Crippen molar-refractivity contribution in [2.45, 2.75) is 83.7 Å². The van der Waals surface area contributed by atoms with Gasteiger partial charge in [0.15, 0.2) is 0 Å². The van der Waals surface area contributed by atoms with Gasteiger partial charge >= 0.3 is 6.09 Å². The fourth-order valence-electron chi connectivity index (χ4n) is 6.43. The number of aromatic nitrogens is 1. The average Bonchev–Trinajstić information content (AvgIpc) is 3.66. The standard InChI is InChI=1S/C43H52ClFN4O7S/c1-10-11-28(25(5)45)18-29(39(52)48-37-31-20-30(44)16-17-34(31)56-22-33(37)51)19-32(50)36(47-40(53)38(43(6,7)8)49-42(54)55-9)24(4)26-12-14-27(15-13-26)35-21-46-41(57-35)23(2)3/h10-17,20-21,23,29,32-33,36-38,50-51H,1,4-5,18-19,22H2,2-3,6-9H3,(H,47,53)(H,48,52)(H,49,54).